The van der Waals surface area contributed by atoms with Gasteiger partial charge in [-0.15, -0.1) is 0 Å². The van der Waals surface area contributed by atoms with Crippen molar-refractivity contribution in [1.82, 2.24) is 9.78 Å². The number of rotatable bonds is 5. The predicted molar refractivity (Wildman–Crippen MR) is 103 cm³/mol. The fraction of sp³-hybridized carbons (Fsp3) is 0.444. The van der Waals surface area contributed by atoms with Crippen molar-refractivity contribution >= 4 is 27.3 Å². The van der Waals surface area contributed by atoms with E-state index in [1.165, 1.54) is 6.92 Å². The lowest BCUT2D eigenvalue weighted by Gasteiger charge is -2.18. The number of nitrogens with one attached hydrogen (secondary N) is 2. The van der Waals surface area contributed by atoms with Crippen LogP contribution in [0, 0.1) is 0 Å². The third kappa shape index (κ3) is 4.63. The Morgan fingerprint density at radius 3 is 2.35 bits per heavy atom. The number of anilines is 2. The van der Waals surface area contributed by atoms with Gasteiger partial charge in [-0.2, -0.15) is 5.10 Å². The Bertz CT molecular complexity index is 909. The molecule has 8 heteroatoms. The lowest BCUT2D eigenvalue weighted by molar-refractivity contribution is -0.114. The van der Waals surface area contributed by atoms with E-state index in [1.54, 1.807) is 35.1 Å². The Hall–Kier alpha value is -2.35. The van der Waals surface area contributed by atoms with Crippen molar-refractivity contribution in [2.24, 2.45) is 0 Å². The SMILES string of the molecule is CC(=O)Nc1cccc(NS(=O)(=O)c2cn(C(C)C)nc2C(C)(C)C)c1. The molecular weight excluding hydrogens is 352 g/mol. The molecule has 0 saturated heterocycles. The molecule has 0 atom stereocenters. The summed E-state index contributed by atoms with van der Waals surface area (Å²) in [6.07, 6.45) is 1.56. The van der Waals surface area contributed by atoms with Gasteiger partial charge in [0.15, 0.2) is 0 Å². The van der Waals surface area contributed by atoms with Gasteiger partial charge in [0.25, 0.3) is 10.0 Å². The van der Waals surface area contributed by atoms with Gasteiger partial charge in [-0.25, -0.2) is 8.42 Å². The first-order chi connectivity index (χ1) is 11.9. The molecule has 2 aromatic rings. The molecule has 0 fully saturated rings. The van der Waals surface area contributed by atoms with Crippen LogP contribution in [0.4, 0.5) is 11.4 Å². The fourth-order valence-electron chi connectivity index (χ4n) is 2.43. The lowest BCUT2D eigenvalue weighted by atomic mass is 9.92. The van der Waals surface area contributed by atoms with Crippen LogP contribution in [0.3, 0.4) is 0 Å². The van der Waals surface area contributed by atoms with Gasteiger partial charge in [-0.05, 0) is 32.0 Å². The molecule has 2 rings (SSSR count). The number of sulfonamides is 1. The summed E-state index contributed by atoms with van der Waals surface area (Å²) in [4.78, 5) is 11.3. The minimum Gasteiger partial charge on any atom is -0.326 e. The van der Waals surface area contributed by atoms with Crippen LogP contribution in [0.25, 0.3) is 0 Å². The number of hydrogen-bond donors (Lipinski definition) is 2. The summed E-state index contributed by atoms with van der Waals surface area (Å²) in [6.45, 7) is 11.1. The zero-order chi connectivity index (χ0) is 19.7. The monoisotopic (exact) mass is 378 g/mol. The Kier molecular flexibility index (Phi) is 5.46. The lowest BCUT2D eigenvalue weighted by Crippen LogP contribution is -2.20. The number of amides is 1. The molecule has 142 valence electrons. The fourth-order valence-corrected chi connectivity index (χ4v) is 3.83. The Morgan fingerprint density at radius 2 is 1.81 bits per heavy atom. The highest BCUT2D eigenvalue weighted by molar-refractivity contribution is 7.92. The number of carbonyl (C=O) groups excluding carboxylic acids is 1. The minimum atomic E-state index is -3.83. The average Bonchev–Trinajstić information content (AvgIpc) is 2.92. The number of aromatic nitrogens is 2. The Balaban J connectivity index is 2.43. The average molecular weight is 378 g/mol. The second-order valence-electron chi connectivity index (χ2n) is 7.53. The van der Waals surface area contributed by atoms with E-state index >= 15 is 0 Å². The molecule has 0 aliphatic carbocycles. The van der Waals surface area contributed by atoms with Gasteiger partial charge < -0.3 is 5.32 Å². The maximum Gasteiger partial charge on any atom is 0.265 e. The molecule has 1 aromatic carbocycles. The second-order valence-corrected chi connectivity index (χ2v) is 9.18. The summed E-state index contributed by atoms with van der Waals surface area (Å²) in [7, 11) is -3.83. The number of hydrogen-bond acceptors (Lipinski definition) is 4. The van der Waals surface area contributed by atoms with Gasteiger partial charge in [0.2, 0.25) is 5.91 Å². The molecule has 0 aliphatic heterocycles. The first-order valence-electron chi connectivity index (χ1n) is 8.40. The maximum absolute atomic E-state index is 13.0. The van der Waals surface area contributed by atoms with Gasteiger partial charge in [0.1, 0.15) is 4.90 Å². The van der Waals surface area contributed by atoms with Gasteiger partial charge in [0, 0.05) is 30.3 Å². The molecule has 0 spiro atoms. The zero-order valence-corrected chi connectivity index (χ0v) is 16.8. The van der Waals surface area contributed by atoms with Crippen molar-refractivity contribution in [3.8, 4) is 0 Å². The molecule has 1 aromatic heterocycles. The summed E-state index contributed by atoms with van der Waals surface area (Å²) < 4.78 is 30.2. The van der Waals surface area contributed by atoms with Crippen molar-refractivity contribution in [2.75, 3.05) is 10.0 Å². The highest BCUT2D eigenvalue weighted by atomic mass is 32.2. The van der Waals surface area contributed by atoms with Crippen LogP contribution < -0.4 is 10.0 Å². The number of nitrogens with zero attached hydrogens (tertiary/aromatic N) is 2. The van der Waals surface area contributed by atoms with Crippen LogP contribution in [-0.2, 0) is 20.2 Å². The normalized spacial score (nSPS) is 12.3. The zero-order valence-electron chi connectivity index (χ0n) is 16.0. The Morgan fingerprint density at radius 1 is 1.19 bits per heavy atom. The predicted octanol–water partition coefficient (Wildman–Crippen LogP) is 3.52. The van der Waals surface area contributed by atoms with E-state index < -0.39 is 15.4 Å². The topological polar surface area (TPSA) is 93.1 Å². The van der Waals surface area contributed by atoms with Crippen molar-refractivity contribution in [3.63, 3.8) is 0 Å². The summed E-state index contributed by atoms with van der Waals surface area (Å²) >= 11 is 0. The third-order valence-corrected chi connectivity index (χ3v) is 5.04. The minimum absolute atomic E-state index is 0.0446. The molecular formula is C18H26N4O3S. The molecule has 2 N–H and O–H groups in total. The van der Waals surface area contributed by atoms with E-state index in [2.05, 4.69) is 15.1 Å². The van der Waals surface area contributed by atoms with Crippen molar-refractivity contribution in [3.05, 3.63) is 36.2 Å². The molecule has 0 aliphatic rings. The molecule has 7 nitrogen and oxygen atoms in total. The van der Waals surface area contributed by atoms with E-state index in [0.717, 1.165) is 0 Å². The van der Waals surface area contributed by atoms with Crippen molar-refractivity contribution in [1.29, 1.82) is 0 Å². The van der Waals surface area contributed by atoms with Crippen LogP contribution in [-0.4, -0.2) is 24.1 Å². The van der Waals surface area contributed by atoms with E-state index in [-0.39, 0.29) is 16.8 Å². The molecule has 0 saturated carbocycles. The van der Waals surface area contributed by atoms with E-state index in [4.69, 9.17) is 0 Å². The van der Waals surface area contributed by atoms with Crippen LogP contribution in [0.1, 0.15) is 53.3 Å². The van der Waals surface area contributed by atoms with E-state index in [1.807, 2.05) is 34.6 Å². The smallest absolute Gasteiger partial charge is 0.265 e. The standard InChI is InChI=1S/C18H26N4O3S/c1-12(2)22-11-16(17(20-22)18(4,5)6)26(24,25)21-15-9-7-8-14(10-15)19-13(3)23/h7-12,21H,1-6H3,(H,19,23). The van der Waals surface area contributed by atoms with Crippen LogP contribution in [0.15, 0.2) is 35.4 Å². The molecule has 1 amide bonds. The third-order valence-electron chi connectivity index (χ3n) is 3.66. The van der Waals surface area contributed by atoms with Gasteiger partial charge in [0.05, 0.1) is 11.4 Å². The van der Waals surface area contributed by atoms with Crippen LogP contribution in [0.2, 0.25) is 0 Å². The van der Waals surface area contributed by atoms with Gasteiger partial charge >= 0.3 is 0 Å². The molecule has 0 bridgehead atoms. The second kappa shape index (κ2) is 7.11. The van der Waals surface area contributed by atoms with Crippen LogP contribution >= 0.6 is 0 Å². The number of benzene rings is 1. The Labute approximate surface area is 154 Å². The van der Waals surface area contributed by atoms with E-state index in [9.17, 15) is 13.2 Å². The maximum atomic E-state index is 13.0. The van der Waals surface area contributed by atoms with Gasteiger partial charge in [-0.3, -0.25) is 14.2 Å². The number of carbonyl (C=O) groups is 1. The van der Waals surface area contributed by atoms with Crippen molar-refractivity contribution in [2.45, 2.75) is 57.9 Å². The summed E-state index contributed by atoms with van der Waals surface area (Å²) in [5, 5.41) is 7.12. The van der Waals surface area contributed by atoms with Gasteiger partial charge in [-0.1, -0.05) is 26.8 Å². The summed E-state index contributed by atoms with van der Waals surface area (Å²) in [5.41, 5.74) is 0.971. The molecule has 0 radical (unpaired) electrons. The van der Waals surface area contributed by atoms with Crippen molar-refractivity contribution < 1.29 is 13.2 Å². The highest BCUT2D eigenvalue weighted by Gasteiger charge is 2.30. The highest BCUT2D eigenvalue weighted by Crippen LogP contribution is 2.30. The first kappa shape index (κ1) is 20.0. The first-order valence-corrected chi connectivity index (χ1v) is 9.88. The molecule has 0 unspecified atom stereocenters. The summed E-state index contributed by atoms with van der Waals surface area (Å²) in [5.74, 6) is -0.224. The molecule has 26 heavy (non-hydrogen) atoms. The summed E-state index contributed by atoms with van der Waals surface area (Å²) in [6, 6.07) is 6.61. The molecule has 1 heterocycles. The largest absolute Gasteiger partial charge is 0.326 e. The van der Waals surface area contributed by atoms with Crippen LogP contribution in [0.5, 0.6) is 0 Å². The quantitative estimate of drug-likeness (QED) is 0.832. The van der Waals surface area contributed by atoms with E-state index in [0.29, 0.717) is 17.1 Å².